The molecule has 0 bridgehead atoms. The quantitative estimate of drug-likeness (QED) is 0.257. The van der Waals surface area contributed by atoms with Crippen molar-refractivity contribution in [3.8, 4) is 11.1 Å². The molecule has 40 heavy (non-hydrogen) atoms. The van der Waals surface area contributed by atoms with E-state index in [9.17, 15) is 19.5 Å². The highest BCUT2D eigenvalue weighted by molar-refractivity contribution is 5.90. The van der Waals surface area contributed by atoms with Gasteiger partial charge in [0.25, 0.3) is 0 Å². The molecule has 0 saturated carbocycles. The molecule has 210 valence electrons. The molecule has 0 aromatic heterocycles. The minimum absolute atomic E-state index is 0.233. The number of carboxylic acids is 1. The molecule has 0 heterocycles. The average molecular weight is 541 g/mol. The maximum absolute atomic E-state index is 13.3. The molecule has 0 aliphatic carbocycles. The zero-order valence-corrected chi connectivity index (χ0v) is 24.0. The Bertz CT molecular complexity index is 1330. The number of hydrogen-bond donors (Lipinski definition) is 3. The molecule has 6 heteroatoms. The number of allylic oxidation sites excluding steroid dienone is 1. The lowest BCUT2D eigenvalue weighted by Crippen LogP contribution is -2.55. The molecular formula is C34H40N2O4. The minimum atomic E-state index is -1.06. The van der Waals surface area contributed by atoms with Gasteiger partial charge in [0.05, 0.1) is 18.4 Å². The Labute approximate surface area is 237 Å². The Kier molecular flexibility index (Phi) is 10.4. The normalized spacial score (nSPS) is 13.8. The summed E-state index contributed by atoms with van der Waals surface area (Å²) in [5.74, 6) is -2.64. The Morgan fingerprint density at radius 1 is 0.875 bits per heavy atom. The van der Waals surface area contributed by atoms with Crippen LogP contribution < -0.4 is 10.6 Å². The summed E-state index contributed by atoms with van der Waals surface area (Å²) in [6.07, 6.45) is 3.63. The van der Waals surface area contributed by atoms with Crippen molar-refractivity contribution in [2.24, 2.45) is 11.3 Å². The summed E-state index contributed by atoms with van der Waals surface area (Å²) in [5, 5.41) is 15.3. The van der Waals surface area contributed by atoms with Crippen molar-refractivity contribution in [2.75, 3.05) is 0 Å². The highest BCUT2D eigenvalue weighted by atomic mass is 16.4. The Hall–Kier alpha value is -4.19. The van der Waals surface area contributed by atoms with Crippen LogP contribution in [0.15, 0.2) is 84.9 Å². The van der Waals surface area contributed by atoms with Crippen LogP contribution in [-0.4, -0.2) is 28.9 Å². The number of carboxylic acid groups (broad SMARTS) is 1. The highest BCUT2D eigenvalue weighted by Gasteiger charge is 2.35. The van der Waals surface area contributed by atoms with Crippen LogP contribution in [0.25, 0.3) is 17.2 Å². The first-order valence-corrected chi connectivity index (χ1v) is 13.7. The van der Waals surface area contributed by atoms with E-state index in [0.29, 0.717) is 0 Å². The van der Waals surface area contributed by atoms with Crippen LogP contribution in [0.5, 0.6) is 0 Å². The molecule has 0 saturated heterocycles. The number of rotatable bonds is 11. The summed E-state index contributed by atoms with van der Waals surface area (Å²) < 4.78 is 0. The average Bonchev–Trinajstić information content (AvgIpc) is 2.91. The fraction of sp³-hybridized carbons (Fsp3) is 0.324. The molecule has 6 nitrogen and oxygen atoms in total. The molecular weight excluding hydrogens is 500 g/mol. The summed E-state index contributed by atoms with van der Waals surface area (Å²) in [4.78, 5) is 38.2. The zero-order chi connectivity index (χ0) is 29.3. The lowest BCUT2D eigenvalue weighted by Gasteiger charge is -2.32. The second-order valence-corrected chi connectivity index (χ2v) is 11.3. The lowest BCUT2D eigenvalue weighted by atomic mass is 9.85. The standard InChI is InChI=1S/C34H40N2O4/c1-23-21-25(19-20-29(23)27-16-10-7-11-17-27)13-12-18-28(22-30(37)38)32(39)36-31(34(3,4)5)33(40)35-24(2)26-14-8-6-9-15-26/h6-17,19-21,24,28,31H,18,22H2,1-5H3,(H,35,40)(H,36,39)(H,37,38)/t24-,28-,31-/m1/s1. The predicted octanol–water partition coefficient (Wildman–Crippen LogP) is 6.56. The first-order chi connectivity index (χ1) is 19.0. The van der Waals surface area contributed by atoms with Crippen LogP contribution in [-0.2, 0) is 14.4 Å². The molecule has 3 rings (SSSR count). The molecule has 0 spiro atoms. The Morgan fingerprint density at radius 3 is 2.08 bits per heavy atom. The number of aliphatic carboxylic acids is 1. The van der Waals surface area contributed by atoms with E-state index in [0.717, 1.165) is 27.8 Å². The second kappa shape index (κ2) is 13.7. The SMILES string of the molecule is Cc1cc(C=CC[C@H](CC(=O)O)C(=O)N[C@H](C(=O)N[C@H](C)c2ccccc2)C(C)(C)C)ccc1-c1ccccc1. The number of amides is 2. The fourth-order valence-corrected chi connectivity index (χ4v) is 4.65. The summed E-state index contributed by atoms with van der Waals surface area (Å²) in [6, 6.07) is 24.8. The van der Waals surface area contributed by atoms with E-state index in [1.54, 1.807) is 0 Å². The van der Waals surface area contributed by atoms with Gasteiger partial charge in [0.1, 0.15) is 6.04 Å². The summed E-state index contributed by atoms with van der Waals surface area (Å²) in [7, 11) is 0. The van der Waals surface area contributed by atoms with E-state index in [-0.39, 0.29) is 24.8 Å². The Morgan fingerprint density at radius 2 is 1.50 bits per heavy atom. The summed E-state index contributed by atoms with van der Waals surface area (Å²) in [6.45, 7) is 9.56. The maximum Gasteiger partial charge on any atom is 0.304 e. The smallest absolute Gasteiger partial charge is 0.304 e. The summed E-state index contributed by atoms with van der Waals surface area (Å²) >= 11 is 0. The van der Waals surface area contributed by atoms with Crippen molar-refractivity contribution in [2.45, 2.75) is 59.5 Å². The molecule has 3 N–H and O–H groups in total. The van der Waals surface area contributed by atoms with E-state index in [2.05, 4.69) is 41.8 Å². The van der Waals surface area contributed by atoms with Crippen molar-refractivity contribution in [1.82, 2.24) is 10.6 Å². The van der Waals surface area contributed by atoms with Gasteiger partial charge in [0.15, 0.2) is 0 Å². The van der Waals surface area contributed by atoms with Crippen molar-refractivity contribution >= 4 is 23.9 Å². The van der Waals surface area contributed by atoms with Gasteiger partial charge in [0.2, 0.25) is 11.8 Å². The lowest BCUT2D eigenvalue weighted by molar-refractivity contribution is -0.141. The van der Waals surface area contributed by atoms with Gasteiger partial charge in [-0.3, -0.25) is 14.4 Å². The van der Waals surface area contributed by atoms with Crippen LogP contribution in [0.4, 0.5) is 0 Å². The fourth-order valence-electron chi connectivity index (χ4n) is 4.65. The molecule has 0 radical (unpaired) electrons. The minimum Gasteiger partial charge on any atom is -0.481 e. The number of hydrogen-bond acceptors (Lipinski definition) is 3. The number of carbonyl (C=O) groups is 3. The van der Waals surface area contributed by atoms with E-state index in [4.69, 9.17) is 0 Å². The van der Waals surface area contributed by atoms with E-state index >= 15 is 0 Å². The molecule has 3 atom stereocenters. The van der Waals surface area contributed by atoms with Gasteiger partial charge >= 0.3 is 5.97 Å². The third-order valence-electron chi connectivity index (χ3n) is 6.93. The van der Waals surface area contributed by atoms with Gasteiger partial charge in [-0.2, -0.15) is 0 Å². The molecule has 3 aromatic rings. The summed E-state index contributed by atoms with van der Waals surface area (Å²) in [5.41, 5.74) is 4.75. The van der Waals surface area contributed by atoms with Gasteiger partial charge in [-0.15, -0.1) is 0 Å². The topological polar surface area (TPSA) is 95.5 Å². The second-order valence-electron chi connectivity index (χ2n) is 11.3. The van der Waals surface area contributed by atoms with Crippen LogP contribution in [0.1, 0.15) is 63.3 Å². The maximum atomic E-state index is 13.3. The van der Waals surface area contributed by atoms with E-state index in [1.807, 2.05) is 94.4 Å². The first kappa shape index (κ1) is 30.4. The number of benzene rings is 3. The van der Waals surface area contributed by atoms with Crippen LogP contribution in [0.3, 0.4) is 0 Å². The third kappa shape index (κ3) is 8.67. The number of nitrogens with one attached hydrogen (secondary N) is 2. The third-order valence-corrected chi connectivity index (χ3v) is 6.93. The van der Waals surface area contributed by atoms with Crippen LogP contribution in [0.2, 0.25) is 0 Å². The zero-order valence-electron chi connectivity index (χ0n) is 24.0. The van der Waals surface area contributed by atoms with Crippen molar-refractivity contribution in [1.29, 1.82) is 0 Å². The van der Waals surface area contributed by atoms with Gasteiger partial charge < -0.3 is 15.7 Å². The molecule has 0 aliphatic heterocycles. The number of carbonyl (C=O) groups excluding carboxylic acids is 2. The first-order valence-electron chi connectivity index (χ1n) is 13.7. The van der Waals surface area contributed by atoms with Gasteiger partial charge in [-0.05, 0) is 53.5 Å². The van der Waals surface area contributed by atoms with Gasteiger partial charge in [-0.1, -0.05) is 112 Å². The largest absolute Gasteiger partial charge is 0.481 e. The molecule has 0 aliphatic rings. The van der Waals surface area contributed by atoms with Crippen molar-refractivity contribution in [3.05, 3.63) is 102 Å². The molecule has 0 unspecified atom stereocenters. The van der Waals surface area contributed by atoms with Gasteiger partial charge in [0, 0.05) is 0 Å². The van der Waals surface area contributed by atoms with Crippen molar-refractivity contribution < 1.29 is 19.5 Å². The predicted molar refractivity (Wildman–Crippen MR) is 160 cm³/mol. The molecule has 3 aromatic carbocycles. The van der Waals surface area contributed by atoms with Crippen molar-refractivity contribution in [3.63, 3.8) is 0 Å². The number of aryl methyl sites for hydroxylation is 1. The Balaban J connectivity index is 1.70. The highest BCUT2D eigenvalue weighted by Crippen LogP contribution is 2.25. The van der Waals surface area contributed by atoms with Crippen LogP contribution in [0, 0.1) is 18.3 Å². The monoisotopic (exact) mass is 540 g/mol. The van der Waals surface area contributed by atoms with Gasteiger partial charge in [-0.25, -0.2) is 0 Å². The van der Waals surface area contributed by atoms with E-state index < -0.39 is 29.3 Å². The molecule has 2 amide bonds. The van der Waals surface area contributed by atoms with E-state index in [1.165, 1.54) is 0 Å². The van der Waals surface area contributed by atoms with Crippen LogP contribution >= 0.6 is 0 Å². The molecule has 0 fully saturated rings.